The van der Waals surface area contributed by atoms with E-state index >= 15 is 0 Å². The Balaban J connectivity index is 1.61. The van der Waals surface area contributed by atoms with Crippen LogP contribution in [0.5, 0.6) is 0 Å². The fraction of sp³-hybridized carbons (Fsp3) is 0.632. The number of nitrogens with one attached hydrogen (secondary N) is 1. The van der Waals surface area contributed by atoms with Crippen molar-refractivity contribution >= 4 is 5.91 Å². The van der Waals surface area contributed by atoms with Crippen LogP contribution in [-0.2, 0) is 11.0 Å². The highest BCUT2D eigenvalue weighted by molar-refractivity contribution is 5.79. The first-order chi connectivity index (χ1) is 11.8. The summed E-state index contributed by atoms with van der Waals surface area (Å²) >= 11 is 0. The smallest absolute Gasteiger partial charge is 0.349 e. The van der Waals surface area contributed by atoms with Crippen LogP contribution in [0.3, 0.4) is 0 Å². The molecule has 0 spiro atoms. The molecule has 6 heteroatoms. The third-order valence-electron chi connectivity index (χ3n) is 5.88. The number of fused-ring (bicyclic) bond motifs is 2. The molecule has 2 saturated carbocycles. The Hall–Kier alpha value is -1.56. The second-order valence-corrected chi connectivity index (χ2v) is 7.55. The van der Waals surface area contributed by atoms with E-state index in [1.54, 1.807) is 6.92 Å². The first-order valence-corrected chi connectivity index (χ1v) is 8.99. The van der Waals surface area contributed by atoms with Gasteiger partial charge in [-0.25, -0.2) is 0 Å². The van der Waals surface area contributed by atoms with Gasteiger partial charge >= 0.3 is 6.18 Å². The van der Waals surface area contributed by atoms with E-state index in [1.807, 2.05) is 0 Å². The summed E-state index contributed by atoms with van der Waals surface area (Å²) in [6.07, 6.45) is 0.682. The second kappa shape index (κ2) is 6.98. The Morgan fingerprint density at radius 3 is 2.24 bits per heavy atom. The average molecular weight is 354 g/mol. The first-order valence-electron chi connectivity index (χ1n) is 8.99. The van der Waals surface area contributed by atoms with Crippen molar-refractivity contribution in [2.75, 3.05) is 0 Å². The number of hydrogen-bond acceptors (Lipinski definition) is 2. The molecule has 25 heavy (non-hydrogen) atoms. The van der Waals surface area contributed by atoms with Crippen molar-refractivity contribution < 1.29 is 18.0 Å². The molecular formula is C19H25F3N2O. The van der Waals surface area contributed by atoms with Crippen LogP contribution in [-0.4, -0.2) is 11.9 Å². The van der Waals surface area contributed by atoms with Gasteiger partial charge in [0.05, 0.1) is 11.6 Å². The molecule has 138 valence electrons. The fourth-order valence-corrected chi connectivity index (χ4v) is 4.38. The van der Waals surface area contributed by atoms with Crippen LogP contribution in [0.1, 0.15) is 56.2 Å². The number of carbonyl (C=O) groups excluding carboxylic acids is 1. The third kappa shape index (κ3) is 4.00. The lowest BCUT2D eigenvalue weighted by Crippen LogP contribution is -2.49. The highest BCUT2D eigenvalue weighted by atomic mass is 19.4. The van der Waals surface area contributed by atoms with E-state index in [2.05, 4.69) is 5.32 Å². The van der Waals surface area contributed by atoms with E-state index in [-0.39, 0.29) is 23.9 Å². The zero-order valence-electron chi connectivity index (χ0n) is 14.4. The molecule has 1 aromatic carbocycles. The number of hydrogen-bond donors (Lipinski definition) is 2. The molecule has 3 unspecified atom stereocenters. The second-order valence-electron chi connectivity index (χ2n) is 7.55. The molecular weight excluding hydrogens is 329 g/mol. The molecule has 2 aliphatic carbocycles. The summed E-state index contributed by atoms with van der Waals surface area (Å²) in [4.78, 5) is 12.6. The van der Waals surface area contributed by atoms with Gasteiger partial charge in [-0.05, 0) is 62.1 Å². The van der Waals surface area contributed by atoms with Gasteiger partial charge in [0.2, 0.25) is 5.91 Å². The molecule has 3 rings (SSSR count). The molecule has 0 radical (unpaired) electrons. The average Bonchev–Trinajstić information content (AvgIpc) is 2.53. The van der Waals surface area contributed by atoms with Gasteiger partial charge in [0.25, 0.3) is 0 Å². The van der Waals surface area contributed by atoms with E-state index in [0.29, 0.717) is 17.4 Å². The van der Waals surface area contributed by atoms with Gasteiger partial charge < -0.3 is 11.1 Å². The summed E-state index contributed by atoms with van der Waals surface area (Å²) in [6, 6.07) is 4.87. The van der Waals surface area contributed by atoms with Crippen LogP contribution < -0.4 is 11.1 Å². The van der Waals surface area contributed by atoms with Crippen LogP contribution in [0.2, 0.25) is 0 Å². The Kier molecular flexibility index (Phi) is 5.09. The summed E-state index contributed by atoms with van der Waals surface area (Å²) in [5, 5.41) is 2.97. The number of carbonyl (C=O) groups is 1. The van der Waals surface area contributed by atoms with Crippen molar-refractivity contribution in [2.24, 2.45) is 23.5 Å². The molecule has 1 amide bonds. The predicted octanol–water partition coefficient (Wildman–Crippen LogP) is 4.04. The SMILES string of the molecule is CC(NC(=O)C1CC2CCCC(C1)C2N)c1ccc(C(F)(F)F)cc1. The largest absolute Gasteiger partial charge is 0.416 e. The van der Waals surface area contributed by atoms with Gasteiger partial charge in [-0.15, -0.1) is 0 Å². The van der Waals surface area contributed by atoms with Gasteiger partial charge in [0.1, 0.15) is 0 Å². The van der Waals surface area contributed by atoms with Crippen molar-refractivity contribution in [3.05, 3.63) is 35.4 Å². The molecule has 2 aliphatic rings. The molecule has 2 bridgehead atoms. The van der Waals surface area contributed by atoms with E-state index in [0.717, 1.165) is 37.8 Å². The molecule has 1 aromatic rings. The molecule has 0 aliphatic heterocycles. The molecule has 0 heterocycles. The first kappa shape index (κ1) is 18.2. The minimum absolute atomic E-state index is 0.00352. The van der Waals surface area contributed by atoms with Crippen LogP contribution in [0.15, 0.2) is 24.3 Å². The van der Waals surface area contributed by atoms with Crippen molar-refractivity contribution in [1.29, 1.82) is 0 Å². The molecule has 3 N–H and O–H groups in total. The minimum Gasteiger partial charge on any atom is -0.349 e. The lowest BCUT2D eigenvalue weighted by Gasteiger charge is -2.43. The lowest BCUT2D eigenvalue weighted by molar-refractivity contribution is -0.137. The number of rotatable bonds is 3. The molecule has 3 nitrogen and oxygen atoms in total. The normalized spacial score (nSPS) is 30.6. The van der Waals surface area contributed by atoms with E-state index in [1.165, 1.54) is 18.6 Å². The zero-order chi connectivity index (χ0) is 18.2. The third-order valence-corrected chi connectivity index (χ3v) is 5.88. The number of alkyl halides is 3. The minimum atomic E-state index is -4.34. The van der Waals surface area contributed by atoms with E-state index in [9.17, 15) is 18.0 Å². The Morgan fingerprint density at radius 1 is 1.16 bits per heavy atom. The standard InChI is InChI=1S/C19H25F3N2O/c1-11(12-5-7-16(8-6-12)19(20,21)22)24-18(25)15-9-13-3-2-4-14(10-15)17(13)23/h5-8,11,13-15,17H,2-4,9-10,23H2,1H3,(H,24,25). The summed E-state index contributed by atoms with van der Waals surface area (Å²) in [5.74, 6) is 0.803. The highest BCUT2D eigenvalue weighted by Crippen LogP contribution is 2.42. The molecule has 0 aromatic heterocycles. The zero-order valence-corrected chi connectivity index (χ0v) is 14.4. The highest BCUT2D eigenvalue weighted by Gasteiger charge is 2.40. The topological polar surface area (TPSA) is 55.1 Å². The lowest BCUT2D eigenvalue weighted by atomic mass is 9.65. The van der Waals surface area contributed by atoms with Gasteiger partial charge in [0.15, 0.2) is 0 Å². The maximum atomic E-state index is 12.6. The summed E-state index contributed by atoms with van der Waals surface area (Å²) in [7, 11) is 0. The Labute approximate surface area is 146 Å². The van der Waals surface area contributed by atoms with Crippen molar-refractivity contribution in [3.63, 3.8) is 0 Å². The van der Waals surface area contributed by atoms with Gasteiger partial charge in [-0.1, -0.05) is 18.6 Å². The van der Waals surface area contributed by atoms with Crippen LogP contribution in [0.25, 0.3) is 0 Å². The number of nitrogens with two attached hydrogens (primary N) is 1. The maximum Gasteiger partial charge on any atom is 0.416 e. The number of halogens is 3. The monoisotopic (exact) mass is 354 g/mol. The molecule has 2 fully saturated rings. The summed E-state index contributed by atoms with van der Waals surface area (Å²) in [6.45, 7) is 1.80. The number of benzene rings is 1. The molecule has 3 atom stereocenters. The van der Waals surface area contributed by atoms with Gasteiger partial charge in [-0.2, -0.15) is 13.2 Å². The predicted molar refractivity (Wildman–Crippen MR) is 89.5 cm³/mol. The maximum absolute atomic E-state index is 12.6. The van der Waals surface area contributed by atoms with Crippen LogP contribution >= 0.6 is 0 Å². The summed E-state index contributed by atoms with van der Waals surface area (Å²) < 4.78 is 37.9. The van der Waals surface area contributed by atoms with Crippen molar-refractivity contribution in [1.82, 2.24) is 5.32 Å². The Bertz CT molecular complexity index is 600. The summed E-state index contributed by atoms with van der Waals surface area (Å²) in [5.41, 5.74) is 6.26. The number of amides is 1. The van der Waals surface area contributed by atoms with E-state index in [4.69, 9.17) is 5.73 Å². The molecule has 0 saturated heterocycles. The van der Waals surface area contributed by atoms with Crippen molar-refractivity contribution in [2.45, 2.75) is 57.3 Å². The fourth-order valence-electron chi connectivity index (χ4n) is 4.38. The van der Waals surface area contributed by atoms with Gasteiger partial charge in [0, 0.05) is 12.0 Å². The Morgan fingerprint density at radius 2 is 1.72 bits per heavy atom. The van der Waals surface area contributed by atoms with Gasteiger partial charge in [-0.3, -0.25) is 4.79 Å². The van der Waals surface area contributed by atoms with E-state index < -0.39 is 11.7 Å². The van der Waals surface area contributed by atoms with Crippen molar-refractivity contribution in [3.8, 4) is 0 Å². The van der Waals surface area contributed by atoms with Crippen LogP contribution in [0, 0.1) is 17.8 Å². The van der Waals surface area contributed by atoms with Crippen LogP contribution in [0.4, 0.5) is 13.2 Å². The quantitative estimate of drug-likeness (QED) is 0.861.